The minimum Gasteiger partial charge on any atom is -0.354 e. The molecule has 0 radical (unpaired) electrons. The van der Waals surface area contributed by atoms with Gasteiger partial charge in [-0.3, -0.25) is 13.9 Å². The van der Waals surface area contributed by atoms with Gasteiger partial charge in [-0.05, 0) is 54.3 Å². The number of nitrogens with zero attached hydrogens (tertiary/aromatic N) is 2. The third kappa shape index (κ3) is 8.71. The SMILES string of the molecule is CCCNC(=O)C(Cc1ccccc1)N(Cc1ccc(Cl)cc1)C(=O)CN(c1ccc(C)c(Cl)c1)S(C)(=O)=O. The summed E-state index contributed by atoms with van der Waals surface area (Å²) in [5, 5.41) is 3.83. The summed E-state index contributed by atoms with van der Waals surface area (Å²) in [6.45, 7) is 3.78. The van der Waals surface area contributed by atoms with E-state index in [1.807, 2.05) is 37.3 Å². The van der Waals surface area contributed by atoms with Crippen molar-refractivity contribution in [1.29, 1.82) is 0 Å². The quantitative estimate of drug-likeness (QED) is 0.313. The molecule has 2 amide bonds. The lowest BCUT2D eigenvalue weighted by Gasteiger charge is -2.33. The third-order valence-electron chi connectivity index (χ3n) is 6.21. The standard InChI is InChI=1S/C29H33Cl2N3O4S/c1-4-16-32-29(36)27(17-22-8-6-5-7-9-22)33(19-23-11-13-24(30)14-12-23)28(35)20-34(39(3,37)38)25-15-10-21(2)26(31)18-25/h5-15,18,27H,4,16-17,19-20H2,1-3H3,(H,32,36). The summed E-state index contributed by atoms with van der Waals surface area (Å²) in [6, 6.07) is 20.3. The maximum atomic E-state index is 14.0. The number of sulfonamides is 1. The molecule has 0 saturated carbocycles. The number of amides is 2. The van der Waals surface area contributed by atoms with Crippen molar-refractivity contribution in [3.8, 4) is 0 Å². The van der Waals surface area contributed by atoms with Gasteiger partial charge in [0, 0.05) is 29.6 Å². The first-order valence-electron chi connectivity index (χ1n) is 12.6. The van der Waals surface area contributed by atoms with Crippen LogP contribution in [0.2, 0.25) is 10.0 Å². The molecule has 0 heterocycles. The van der Waals surface area contributed by atoms with E-state index in [0.29, 0.717) is 16.6 Å². The van der Waals surface area contributed by atoms with Crippen molar-refractivity contribution < 1.29 is 18.0 Å². The predicted molar refractivity (Wildman–Crippen MR) is 158 cm³/mol. The monoisotopic (exact) mass is 589 g/mol. The van der Waals surface area contributed by atoms with Crippen LogP contribution in [0.4, 0.5) is 5.69 Å². The molecule has 0 fully saturated rings. The molecule has 1 N–H and O–H groups in total. The summed E-state index contributed by atoms with van der Waals surface area (Å²) in [7, 11) is -3.86. The van der Waals surface area contributed by atoms with Crippen LogP contribution < -0.4 is 9.62 Å². The lowest BCUT2D eigenvalue weighted by Crippen LogP contribution is -2.53. The topological polar surface area (TPSA) is 86.8 Å². The summed E-state index contributed by atoms with van der Waals surface area (Å²) >= 11 is 12.3. The Morgan fingerprint density at radius 3 is 2.21 bits per heavy atom. The largest absolute Gasteiger partial charge is 0.354 e. The summed E-state index contributed by atoms with van der Waals surface area (Å²) in [4.78, 5) is 28.9. The zero-order valence-corrected chi connectivity index (χ0v) is 24.6. The van der Waals surface area contributed by atoms with Gasteiger partial charge in [0.2, 0.25) is 21.8 Å². The van der Waals surface area contributed by atoms with Crippen LogP contribution in [0.15, 0.2) is 72.8 Å². The number of hydrogen-bond donors (Lipinski definition) is 1. The lowest BCUT2D eigenvalue weighted by molar-refractivity contribution is -0.140. The number of carbonyl (C=O) groups excluding carboxylic acids is 2. The first-order chi connectivity index (χ1) is 18.5. The van der Waals surface area contributed by atoms with Gasteiger partial charge in [-0.2, -0.15) is 0 Å². The average molecular weight is 591 g/mol. The minimum absolute atomic E-state index is 0.0826. The van der Waals surface area contributed by atoms with Crippen LogP contribution in [0.1, 0.15) is 30.0 Å². The van der Waals surface area contributed by atoms with E-state index in [9.17, 15) is 18.0 Å². The van der Waals surface area contributed by atoms with Gasteiger partial charge >= 0.3 is 0 Å². The molecule has 3 aromatic carbocycles. The number of rotatable bonds is 12. The molecule has 0 aromatic heterocycles. The van der Waals surface area contributed by atoms with E-state index in [1.54, 1.807) is 43.3 Å². The number of nitrogens with one attached hydrogen (secondary N) is 1. The van der Waals surface area contributed by atoms with Gasteiger partial charge in [-0.25, -0.2) is 8.42 Å². The van der Waals surface area contributed by atoms with Crippen molar-refractivity contribution in [2.75, 3.05) is 23.7 Å². The highest BCUT2D eigenvalue weighted by molar-refractivity contribution is 7.92. The molecular weight excluding hydrogens is 557 g/mol. The molecule has 39 heavy (non-hydrogen) atoms. The van der Waals surface area contributed by atoms with E-state index < -0.39 is 28.5 Å². The smallest absolute Gasteiger partial charge is 0.244 e. The normalized spacial score (nSPS) is 12.0. The fourth-order valence-electron chi connectivity index (χ4n) is 4.06. The summed E-state index contributed by atoms with van der Waals surface area (Å²) in [6.07, 6.45) is 2.02. The third-order valence-corrected chi connectivity index (χ3v) is 8.01. The van der Waals surface area contributed by atoms with Crippen molar-refractivity contribution in [3.63, 3.8) is 0 Å². The molecule has 1 atom stereocenters. The molecule has 3 rings (SSSR count). The molecule has 0 aliphatic heterocycles. The Morgan fingerprint density at radius 1 is 0.949 bits per heavy atom. The van der Waals surface area contributed by atoms with Gasteiger partial charge in [0.1, 0.15) is 12.6 Å². The number of aryl methyl sites for hydroxylation is 1. The Morgan fingerprint density at radius 2 is 1.62 bits per heavy atom. The van der Waals surface area contributed by atoms with Crippen molar-refractivity contribution in [2.45, 2.75) is 39.3 Å². The van der Waals surface area contributed by atoms with E-state index in [4.69, 9.17) is 23.2 Å². The maximum absolute atomic E-state index is 14.0. The van der Waals surface area contributed by atoms with Gasteiger partial charge in [0.25, 0.3) is 0 Å². The van der Waals surface area contributed by atoms with Crippen LogP contribution in [0.5, 0.6) is 0 Å². The molecule has 0 aliphatic rings. The number of carbonyl (C=O) groups is 2. The van der Waals surface area contributed by atoms with Crippen LogP contribution in [0.3, 0.4) is 0 Å². The highest BCUT2D eigenvalue weighted by Crippen LogP contribution is 2.26. The summed E-state index contributed by atoms with van der Waals surface area (Å²) in [5.41, 5.74) is 2.66. The molecule has 7 nitrogen and oxygen atoms in total. The second kappa shape index (κ2) is 13.8. The first kappa shape index (κ1) is 30.5. The number of anilines is 1. The zero-order chi connectivity index (χ0) is 28.6. The Labute approximate surface area is 240 Å². The Bertz CT molecular complexity index is 1380. The van der Waals surface area contributed by atoms with Gasteiger partial charge in [-0.1, -0.05) is 78.7 Å². The van der Waals surface area contributed by atoms with Crippen LogP contribution >= 0.6 is 23.2 Å². The van der Waals surface area contributed by atoms with Crippen LogP contribution in [-0.2, 0) is 32.6 Å². The van der Waals surface area contributed by atoms with Crippen molar-refractivity contribution >= 4 is 50.7 Å². The van der Waals surface area contributed by atoms with E-state index >= 15 is 0 Å². The summed E-state index contributed by atoms with van der Waals surface area (Å²) in [5.74, 6) is -0.841. The molecular formula is C29H33Cl2N3O4S. The Balaban J connectivity index is 2.04. The molecule has 0 spiro atoms. The molecule has 1 unspecified atom stereocenters. The van der Waals surface area contributed by atoms with Gasteiger partial charge in [0.15, 0.2) is 0 Å². The molecule has 208 valence electrons. The predicted octanol–water partition coefficient (Wildman–Crippen LogP) is 5.23. The maximum Gasteiger partial charge on any atom is 0.244 e. The van der Waals surface area contributed by atoms with Gasteiger partial charge < -0.3 is 10.2 Å². The zero-order valence-electron chi connectivity index (χ0n) is 22.2. The number of halogens is 2. The van der Waals surface area contributed by atoms with E-state index in [1.165, 1.54) is 11.0 Å². The van der Waals surface area contributed by atoms with E-state index in [-0.39, 0.29) is 24.6 Å². The highest BCUT2D eigenvalue weighted by Gasteiger charge is 2.33. The molecule has 0 aliphatic carbocycles. The Kier molecular flexibility index (Phi) is 10.8. The van der Waals surface area contributed by atoms with Crippen LogP contribution in [0.25, 0.3) is 0 Å². The van der Waals surface area contributed by atoms with Crippen molar-refractivity contribution in [2.24, 2.45) is 0 Å². The fraction of sp³-hybridized carbons (Fsp3) is 0.310. The number of hydrogen-bond acceptors (Lipinski definition) is 4. The van der Waals surface area contributed by atoms with Crippen LogP contribution in [0, 0.1) is 6.92 Å². The molecule has 0 saturated heterocycles. The minimum atomic E-state index is -3.86. The van der Waals surface area contributed by atoms with E-state index in [2.05, 4.69) is 5.32 Å². The van der Waals surface area contributed by atoms with Gasteiger partial charge in [0.05, 0.1) is 11.9 Å². The highest BCUT2D eigenvalue weighted by atomic mass is 35.5. The second-order valence-corrected chi connectivity index (χ2v) is 12.1. The molecule has 10 heteroatoms. The van der Waals surface area contributed by atoms with E-state index in [0.717, 1.165) is 33.7 Å². The number of benzene rings is 3. The first-order valence-corrected chi connectivity index (χ1v) is 15.2. The van der Waals surface area contributed by atoms with Crippen molar-refractivity contribution in [3.05, 3.63) is 99.5 Å². The molecule has 0 bridgehead atoms. The van der Waals surface area contributed by atoms with Gasteiger partial charge in [-0.15, -0.1) is 0 Å². The lowest BCUT2D eigenvalue weighted by atomic mass is 10.0. The van der Waals surface area contributed by atoms with Crippen LogP contribution in [-0.4, -0.2) is 50.5 Å². The summed E-state index contributed by atoms with van der Waals surface area (Å²) < 4.78 is 26.7. The fourth-order valence-corrected chi connectivity index (χ4v) is 5.20. The van der Waals surface area contributed by atoms with Crippen molar-refractivity contribution in [1.82, 2.24) is 10.2 Å². The second-order valence-electron chi connectivity index (χ2n) is 9.35. The Hall–Kier alpha value is -3.07. The molecule has 3 aromatic rings. The average Bonchev–Trinajstić information content (AvgIpc) is 2.90.